The summed E-state index contributed by atoms with van der Waals surface area (Å²) >= 11 is 0. The molecule has 1 saturated heterocycles. The van der Waals surface area contributed by atoms with Crippen molar-refractivity contribution in [2.75, 3.05) is 24.5 Å². The van der Waals surface area contributed by atoms with Crippen LogP contribution in [0.15, 0.2) is 38.8 Å². The van der Waals surface area contributed by atoms with E-state index >= 15 is 0 Å². The highest BCUT2D eigenvalue weighted by molar-refractivity contribution is 7.89. The van der Waals surface area contributed by atoms with Crippen LogP contribution < -0.4 is 16.1 Å². The Morgan fingerprint density at radius 1 is 1.12 bits per heavy atom. The highest BCUT2D eigenvalue weighted by atomic mass is 32.2. The van der Waals surface area contributed by atoms with Crippen LogP contribution in [0.2, 0.25) is 0 Å². The fourth-order valence-electron chi connectivity index (χ4n) is 3.36. The summed E-state index contributed by atoms with van der Waals surface area (Å²) in [7, 11) is -3.99. The van der Waals surface area contributed by atoms with Crippen LogP contribution in [0.5, 0.6) is 0 Å². The Hall–Kier alpha value is -2.39. The Kier molecular flexibility index (Phi) is 4.76. The highest BCUT2D eigenvalue weighted by Gasteiger charge is 2.35. The summed E-state index contributed by atoms with van der Waals surface area (Å²) in [5.74, 6) is 0. The summed E-state index contributed by atoms with van der Waals surface area (Å²) in [5, 5.41) is 0. The Morgan fingerprint density at radius 2 is 1.85 bits per heavy atom. The van der Waals surface area contributed by atoms with E-state index in [2.05, 4.69) is 16.0 Å². The van der Waals surface area contributed by atoms with Gasteiger partial charge in [-0.1, -0.05) is 12.1 Å². The molecule has 8 nitrogen and oxygen atoms in total. The van der Waals surface area contributed by atoms with Crippen LogP contribution in [0.3, 0.4) is 0 Å². The molecule has 0 aliphatic carbocycles. The van der Waals surface area contributed by atoms with Crippen molar-refractivity contribution in [2.24, 2.45) is 0 Å². The maximum atomic E-state index is 12.9. The molecule has 1 fully saturated rings. The molecule has 1 unspecified atom stereocenters. The average molecular weight is 378 g/mol. The van der Waals surface area contributed by atoms with E-state index in [0.29, 0.717) is 6.54 Å². The molecule has 9 heteroatoms. The largest absolute Gasteiger partial charge is 0.366 e. The first-order valence-electron chi connectivity index (χ1n) is 8.37. The number of H-pyrrole nitrogens is 2. The number of hydrogen-bond donors (Lipinski definition) is 2. The Morgan fingerprint density at radius 3 is 2.46 bits per heavy atom. The van der Waals surface area contributed by atoms with E-state index in [1.807, 2.05) is 37.0 Å². The molecular weight excluding hydrogens is 356 g/mol. The molecule has 1 aliphatic heterocycles. The zero-order valence-corrected chi connectivity index (χ0v) is 15.8. The van der Waals surface area contributed by atoms with Crippen LogP contribution in [0.1, 0.15) is 18.2 Å². The molecule has 0 radical (unpaired) electrons. The predicted octanol–water partition coefficient (Wildman–Crippen LogP) is 0.579. The quantitative estimate of drug-likeness (QED) is 0.813. The van der Waals surface area contributed by atoms with Gasteiger partial charge in [-0.05, 0) is 38.5 Å². The van der Waals surface area contributed by atoms with Gasteiger partial charge in [0, 0.05) is 37.1 Å². The lowest BCUT2D eigenvalue weighted by Gasteiger charge is -2.40. The van der Waals surface area contributed by atoms with Crippen molar-refractivity contribution in [2.45, 2.75) is 31.7 Å². The minimum atomic E-state index is -3.99. The molecular formula is C17H22N4O4S. The molecule has 26 heavy (non-hydrogen) atoms. The summed E-state index contributed by atoms with van der Waals surface area (Å²) in [6, 6.07) is 8.01. The molecule has 2 aromatic rings. The molecule has 1 aromatic heterocycles. The van der Waals surface area contributed by atoms with Gasteiger partial charge >= 0.3 is 5.69 Å². The fraction of sp³-hybridized carbons (Fsp3) is 0.412. The standard InChI is InChI=1S/C17H22N4O4S/c1-11-5-4-6-14(9-11)21-8-7-20(10-12(21)2)26(24,25)15-13(3)18-17(23)19-16(15)22/h4-6,9,12H,7-8,10H2,1-3H3,(H2,18,19,22,23). The molecule has 140 valence electrons. The molecule has 1 atom stereocenters. The minimum Gasteiger partial charge on any atom is -0.366 e. The fourth-order valence-corrected chi connectivity index (χ4v) is 5.08. The van der Waals surface area contributed by atoms with Crippen molar-refractivity contribution in [1.82, 2.24) is 14.3 Å². The van der Waals surface area contributed by atoms with Crippen LogP contribution in [0.4, 0.5) is 5.69 Å². The Bertz CT molecular complexity index is 1040. The van der Waals surface area contributed by atoms with Crippen molar-refractivity contribution in [3.63, 3.8) is 0 Å². The Labute approximate surface area is 151 Å². The van der Waals surface area contributed by atoms with E-state index < -0.39 is 26.2 Å². The SMILES string of the molecule is Cc1cccc(N2CCN(S(=O)(=O)c3c(C)[nH]c(=O)[nH]c3=O)CC2C)c1. The van der Waals surface area contributed by atoms with Crippen LogP contribution in [-0.4, -0.2) is 48.4 Å². The zero-order chi connectivity index (χ0) is 19.1. The number of sulfonamides is 1. The first kappa shape index (κ1) is 18.4. The topological polar surface area (TPSA) is 106 Å². The summed E-state index contributed by atoms with van der Waals surface area (Å²) in [4.78, 5) is 29.5. The van der Waals surface area contributed by atoms with Crippen LogP contribution in [0.25, 0.3) is 0 Å². The van der Waals surface area contributed by atoms with Crippen molar-refractivity contribution in [3.05, 3.63) is 56.4 Å². The van der Waals surface area contributed by atoms with Gasteiger partial charge in [-0.3, -0.25) is 9.78 Å². The number of aromatic nitrogens is 2. The third kappa shape index (κ3) is 3.32. The van der Waals surface area contributed by atoms with E-state index in [9.17, 15) is 18.0 Å². The zero-order valence-electron chi connectivity index (χ0n) is 14.9. The molecule has 1 aliphatic rings. The first-order chi connectivity index (χ1) is 12.2. The average Bonchev–Trinajstić information content (AvgIpc) is 2.53. The van der Waals surface area contributed by atoms with Gasteiger partial charge in [0.05, 0.1) is 0 Å². The van der Waals surface area contributed by atoms with E-state index in [1.165, 1.54) is 11.2 Å². The number of nitrogens with one attached hydrogen (secondary N) is 2. The molecule has 3 rings (SSSR count). The van der Waals surface area contributed by atoms with Crippen molar-refractivity contribution in [3.8, 4) is 0 Å². The van der Waals surface area contributed by atoms with Crippen LogP contribution in [-0.2, 0) is 10.0 Å². The molecule has 0 bridgehead atoms. The number of aryl methyl sites for hydroxylation is 2. The summed E-state index contributed by atoms with van der Waals surface area (Å²) in [6.45, 7) is 6.42. The van der Waals surface area contributed by atoms with Gasteiger partial charge in [0.2, 0.25) is 10.0 Å². The summed E-state index contributed by atoms with van der Waals surface area (Å²) in [5.41, 5.74) is 0.629. The monoisotopic (exact) mass is 378 g/mol. The van der Waals surface area contributed by atoms with Crippen molar-refractivity contribution < 1.29 is 8.42 Å². The number of nitrogens with zero attached hydrogens (tertiary/aromatic N) is 2. The van der Waals surface area contributed by atoms with Crippen molar-refractivity contribution in [1.29, 1.82) is 0 Å². The second kappa shape index (κ2) is 6.73. The maximum absolute atomic E-state index is 12.9. The lowest BCUT2D eigenvalue weighted by molar-refractivity contribution is 0.342. The van der Waals surface area contributed by atoms with Crippen LogP contribution in [0, 0.1) is 13.8 Å². The second-order valence-electron chi connectivity index (χ2n) is 6.61. The third-order valence-electron chi connectivity index (χ3n) is 4.60. The van der Waals surface area contributed by atoms with Crippen LogP contribution >= 0.6 is 0 Å². The predicted molar refractivity (Wildman–Crippen MR) is 99.2 cm³/mol. The molecule has 2 heterocycles. The van der Waals surface area contributed by atoms with Gasteiger partial charge in [0.15, 0.2) is 4.90 Å². The molecule has 0 amide bonds. The van der Waals surface area contributed by atoms with Gasteiger partial charge in [0.1, 0.15) is 0 Å². The van der Waals surface area contributed by atoms with Gasteiger partial charge in [-0.25, -0.2) is 13.2 Å². The van der Waals surface area contributed by atoms with Gasteiger partial charge in [-0.2, -0.15) is 4.31 Å². The number of benzene rings is 1. The van der Waals surface area contributed by atoms with E-state index in [0.717, 1.165) is 11.3 Å². The van der Waals surface area contributed by atoms with E-state index in [1.54, 1.807) is 0 Å². The molecule has 2 N–H and O–H groups in total. The normalized spacial score (nSPS) is 18.9. The lowest BCUT2D eigenvalue weighted by Crippen LogP contribution is -2.54. The number of piperazine rings is 1. The number of hydrogen-bond acceptors (Lipinski definition) is 5. The smallest absolute Gasteiger partial charge is 0.325 e. The lowest BCUT2D eigenvalue weighted by atomic mass is 10.1. The first-order valence-corrected chi connectivity index (χ1v) is 9.81. The second-order valence-corrected chi connectivity index (χ2v) is 8.48. The molecule has 1 aromatic carbocycles. The minimum absolute atomic E-state index is 0.0486. The highest BCUT2D eigenvalue weighted by Crippen LogP contribution is 2.24. The number of rotatable bonds is 3. The number of anilines is 1. The van der Waals surface area contributed by atoms with Gasteiger partial charge < -0.3 is 9.88 Å². The van der Waals surface area contributed by atoms with Crippen molar-refractivity contribution >= 4 is 15.7 Å². The maximum Gasteiger partial charge on any atom is 0.325 e. The molecule has 0 saturated carbocycles. The van der Waals surface area contributed by atoms with Gasteiger partial charge in [0.25, 0.3) is 5.56 Å². The number of aromatic amines is 2. The Balaban J connectivity index is 1.89. The summed E-state index contributed by atoms with van der Waals surface area (Å²) < 4.78 is 27.2. The van der Waals surface area contributed by atoms with Gasteiger partial charge in [-0.15, -0.1) is 0 Å². The summed E-state index contributed by atoms with van der Waals surface area (Å²) in [6.07, 6.45) is 0. The third-order valence-corrected chi connectivity index (χ3v) is 6.62. The molecule has 0 spiro atoms. The van der Waals surface area contributed by atoms with E-state index in [-0.39, 0.29) is 24.8 Å². The van der Waals surface area contributed by atoms with E-state index in [4.69, 9.17) is 0 Å².